The first-order valence-corrected chi connectivity index (χ1v) is 10.3. The summed E-state index contributed by atoms with van der Waals surface area (Å²) in [5.74, 6) is 0. The number of rotatable bonds is 4. The maximum absolute atomic E-state index is 12.5. The highest BCUT2D eigenvalue weighted by molar-refractivity contribution is 7.90. The molecule has 0 unspecified atom stereocenters. The Morgan fingerprint density at radius 1 is 0.857 bits per heavy atom. The molecular weight excluding hydrogens is 376 g/mol. The highest BCUT2D eigenvalue weighted by Gasteiger charge is 2.14. The molecule has 0 aliphatic rings. The molecule has 2 aromatic heterocycles. The Labute approximate surface area is 161 Å². The number of hydrogen-bond donors (Lipinski definition) is 0. The maximum Gasteiger partial charge on any atom is 0.209 e. The predicted molar refractivity (Wildman–Crippen MR) is 106 cm³/mol. The Bertz CT molecular complexity index is 1290. The van der Waals surface area contributed by atoms with Gasteiger partial charge in [0.2, 0.25) is 5.43 Å². The first kappa shape index (κ1) is 17.9. The van der Waals surface area contributed by atoms with Gasteiger partial charge in [-0.3, -0.25) is 4.79 Å². The van der Waals surface area contributed by atoms with Gasteiger partial charge in [-0.2, -0.15) is 10.2 Å². The zero-order valence-electron chi connectivity index (χ0n) is 14.9. The molecule has 8 heteroatoms. The summed E-state index contributed by atoms with van der Waals surface area (Å²) in [6.07, 6.45) is 4.31. The van der Waals surface area contributed by atoms with Gasteiger partial charge in [-0.05, 0) is 42.5 Å². The first-order valence-electron chi connectivity index (χ1n) is 8.44. The molecule has 0 spiro atoms. The van der Waals surface area contributed by atoms with Crippen molar-refractivity contribution in [3.63, 3.8) is 0 Å². The monoisotopic (exact) mass is 392 g/mol. The normalized spacial score (nSPS) is 11.5. The molecule has 0 aliphatic carbocycles. The van der Waals surface area contributed by atoms with Crippen molar-refractivity contribution in [2.75, 3.05) is 6.26 Å². The summed E-state index contributed by atoms with van der Waals surface area (Å²) < 4.78 is 26.5. The predicted octanol–water partition coefficient (Wildman–Crippen LogP) is 2.49. The second-order valence-corrected chi connectivity index (χ2v) is 8.22. The zero-order chi connectivity index (χ0) is 19.7. The van der Waals surface area contributed by atoms with Gasteiger partial charge in [0, 0.05) is 18.5 Å². The van der Waals surface area contributed by atoms with Crippen molar-refractivity contribution in [3.05, 3.63) is 89.3 Å². The van der Waals surface area contributed by atoms with Gasteiger partial charge in [0.1, 0.15) is 0 Å². The van der Waals surface area contributed by atoms with Gasteiger partial charge in [-0.15, -0.1) is 0 Å². The molecule has 7 nitrogen and oxygen atoms in total. The lowest BCUT2D eigenvalue weighted by atomic mass is 10.2. The lowest BCUT2D eigenvalue weighted by Gasteiger charge is -2.10. The van der Waals surface area contributed by atoms with Gasteiger partial charge in [-0.25, -0.2) is 17.8 Å². The second kappa shape index (κ2) is 6.90. The lowest BCUT2D eigenvalue weighted by Crippen LogP contribution is -2.14. The lowest BCUT2D eigenvalue weighted by molar-refractivity contribution is 0.602. The van der Waals surface area contributed by atoms with Crippen LogP contribution >= 0.6 is 0 Å². The molecule has 0 bridgehead atoms. The molecule has 4 aromatic rings. The van der Waals surface area contributed by atoms with E-state index in [-0.39, 0.29) is 16.0 Å². The van der Waals surface area contributed by atoms with E-state index in [1.165, 1.54) is 22.9 Å². The Balaban J connectivity index is 1.80. The average molecular weight is 392 g/mol. The SMILES string of the molecule is CS(=O)(=O)c1ccc(-n2ccc(=O)c(-c3ccnn3-c3ccccc3)n2)cc1. The van der Waals surface area contributed by atoms with Crippen LogP contribution in [-0.2, 0) is 9.84 Å². The van der Waals surface area contributed by atoms with E-state index in [0.29, 0.717) is 11.4 Å². The topological polar surface area (TPSA) is 86.9 Å². The van der Waals surface area contributed by atoms with E-state index in [9.17, 15) is 13.2 Å². The highest BCUT2D eigenvalue weighted by atomic mass is 32.2. The summed E-state index contributed by atoms with van der Waals surface area (Å²) in [4.78, 5) is 12.7. The molecule has 4 rings (SSSR count). The fraction of sp³-hybridized carbons (Fsp3) is 0.0500. The summed E-state index contributed by atoms with van der Waals surface area (Å²) in [7, 11) is -3.28. The minimum Gasteiger partial charge on any atom is -0.287 e. The molecule has 0 amide bonds. The van der Waals surface area contributed by atoms with Gasteiger partial charge in [0.25, 0.3) is 0 Å². The molecule has 0 saturated carbocycles. The number of aromatic nitrogens is 4. The van der Waals surface area contributed by atoms with Gasteiger partial charge >= 0.3 is 0 Å². The Hall–Kier alpha value is -3.52. The fourth-order valence-electron chi connectivity index (χ4n) is 2.83. The zero-order valence-corrected chi connectivity index (χ0v) is 15.7. The van der Waals surface area contributed by atoms with Crippen LogP contribution in [-0.4, -0.2) is 34.2 Å². The second-order valence-electron chi connectivity index (χ2n) is 6.20. The number of hydrogen-bond acceptors (Lipinski definition) is 5. The molecule has 2 heterocycles. The van der Waals surface area contributed by atoms with Crippen LogP contribution in [0.15, 0.2) is 88.8 Å². The Morgan fingerprint density at radius 3 is 2.25 bits per heavy atom. The number of sulfone groups is 1. The minimum atomic E-state index is -3.28. The molecule has 0 aliphatic heterocycles. The van der Waals surface area contributed by atoms with Crippen molar-refractivity contribution in [1.29, 1.82) is 0 Å². The Morgan fingerprint density at radius 2 is 1.57 bits per heavy atom. The van der Waals surface area contributed by atoms with E-state index >= 15 is 0 Å². The molecule has 140 valence electrons. The van der Waals surface area contributed by atoms with Crippen molar-refractivity contribution in [1.82, 2.24) is 19.6 Å². The number of para-hydroxylation sites is 1. The highest BCUT2D eigenvalue weighted by Crippen LogP contribution is 2.19. The smallest absolute Gasteiger partial charge is 0.209 e. The Kier molecular flexibility index (Phi) is 4.40. The molecule has 2 aromatic carbocycles. The van der Waals surface area contributed by atoms with Crippen LogP contribution in [0.1, 0.15) is 0 Å². The van der Waals surface area contributed by atoms with Crippen LogP contribution in [0.4, 0.5) is 0 Å². The van der Waals surface area contributed by atoms with E-state index in [1.807, 2.05) is 30.3 Å². The summed E-state index contributed by atoms with van der Waals surface area (Å²) in [6.45, 7) is 0. The fourth-order valence-corrected chi connectivity index (χ4v) is 3.46. The van der Waals surface area contributed by atoms with Crippen LogP contribution in [0.5, 0.6) is 0 Å². The summed E-state index contributed by atoms with van der Waals surface area (Å²) in [5.41, 5.74) is 2.03. The number of nitrogens with zero attached hydrogens (tertiary/aromatic N) is 4. The first-order chi connectivity index (χ1) is 13.4. The van der Waals surface area contributed by atoms with Gasteiger partial charge in [-0.1, -0.05) is 18.2 Å². The van der Waals surface area contributed by atoms with Crippen LogP contribution in [0, 0.1) is 0 Å². The molecule has 0 saturated heterocycles. The van der Waals surface area contributed by atoms with Crippen molar-refractivity contribution in [2.45, 2.75) is 4.90 Å². The third-order valence-corrected chi connectivity index (χ3v) is 5.35. The van der Waals surface area contributed by atoms with E-state index in [1.54, 1.807) is 35.3 Å². The van der Waals surface area contributed by atoms with E-state index < -0.39 is 9.84 Å². The van der Waals surface area contributed by atoms with Gasteiger partial charge in [0.05, 0.1) is 28.2 Å². The maximum atomic E-state index is 12.5. The molecule has 28 heavy (non-hydrogen) atoms. The summed E-state index contributed by atoms with van der Waals surface area (Å²) >= 11 is 0. The standard InChI is InChI=1S/C20H16N4O3S/c1-28(26,27)17-9-7-15(8-10-17)23-14-12-19(25)20(22-23)18-11-13-21-24(18)16-5-3-2-4-6-16/h2-14H,1H3. The largest absolute Gasteiger partial charge is 0.287 e. The third-order valence-electron chi connectivity index (χ3n) is 4.22. The summed E-state index contributed by atoms with van der Waals surface area (Å²) in [6, 6.07) is 18.9. The number of benzene rings is 2. The van der Waals surface area contributed by atoms with Crippen molar-refractivity contribution >= 4 is 9.84 Å². The van der Waals surface area contributed by atoms with E-state index in [0.717, 1.165) is 11.9 Å². The molecule has 0 N–H and O–H groups in total. The van der Waals surface area contributed by atoms with Crippen LogP contribution in [0.3, 0.4) is 0 Å². The summed E-state index contributed by atoms with van der Waals surface area (Å²) in [5, 5.41) is 8.76. The van der Waals surface area contributed by atoms with E-state index in [2.05, 4.69) is 10.2 Å². The average Bonchev–Trinajstić information content (AvgIpc) is 3.18. The molecular formula is C20H16N4O3S. The van der Waals surface area contributed by atoms with Crippen LogP contribution in [0.25, 0.3) is 22.8 Å². The minimum absolute atomic E-state index is 0.222. The van der Waals surface area contributed by atoms with Gasteiger partial charge < -0.3 is 0 Å². The van der Waals surface area contributed by atoms with E-state index in [4.69, 9.17) is 0 Å². The van der Waals surface area contributed by atoms with Crippen molar-refractivity contribution in [3.8, 4) is 22.8 Å². The van der Waals surface area contributed by atoms with Crippen molar-refractivity contribution in [2.24, 2.45) is 0 Å². The van der Waals surface area contributed by atoms with Gasteiger partial charge in [0.15, 0.2) is 15.5 Å². The van der Waals surface area contributed by atoms with Crippen LogP contribution < -0.4 is 5.43 Å². The third kappa shape index (κ3) is 3.37. The molecule has 0 atom stereocenters. The quantitative estimate of drug-likeness (QED) is 0.533. The van der Waals surface area contributed by atoms with Crippen LogP contribution in [0.2, 0.25) is 0 Å². The molecule has 0 radical (unpaired) electrons. The molecule has 0 fully saturated rings. The van der Waals surface area contributed by atoms with Crippen molar-refractivity contribution < 1.29 is 8.42 Å².